The van der Waals surface area contributed by atoms with Crippen molar-refractivity contribution in [2.24, 2.45) is 17.8 Å². The summed E-state index contributed by atoms with van der Waals surface area (Å²) in [5, 5.41) is 14.7. The van der Waals surface area contributed by atoms with E-state index >= 15 is 0 Å². The average Bonchev–Trinajstić information content (AvgIpc) is 2.75. The highest BCUT2D eigenvalue weighted by Crippen LogP contribution is 2.63. The Morgan fingerprint density at radius 3 is 2.21 bits per heavy atom. The minimum absolute atomic E-state index is 0. The monoisotopic (exact) mass is 477 g/mol. The molecule has 1 aliphatic heterocycles. The van der Waals surface area contributed by atoms with Crippen LogP contribution in [-0.4, -0.2) is 55.2 Å². The van der Waals surface area contributed by atoms with Crippen LogP contribution in [0.1, 0.15) is 68.9 Å². The van der Waals surface area contributed by atoms with E-state index in [0.717, 1.165) is 79.8 Å². The Balaban J connectivity index is 0.00000259. The van der Waals surface area contributed by atoms with Crippen LogP contribution in [0.5, 0.6) is 11.5 Å². The molecule has 1 aromatic rings. The molecule has 5 aliphatic rings. The maximum absolute atomic E-state index is 13.1. The summed E-state index contributed by atoms with van der Waals surface area (Å²) in [5.41, 5.74) is 2.68. The Bertz CT molecular complexity index is 847. The lowest BCUT2D eigenvalue weighted by Crippen LogP contribution is -2.48. The number of nitrogens with zero attached hydrogens (tertiary/aromatic N) is 2. The first kappa shape index (κ1) is 24.5. The number of rotatable bonds is 5. The zero-order chi connectivity index (χ0) is 22.5. The van der Waals surface area contributed by atoms with Gasteiger partial charge in [0.1, 0.15) is 0 Å². The predicted octanol–water partition coefficient (Wildman–Crippen LogP) is 5.37. The van der Waals surface area contributed by atoms with E-state index in [1.807, 2.05) is 19.0 Å². The molecule has 1 heterocycles. The molecule has 0 atom stereocenters. The quantitative estimate of drug-likeness (QED) is 0.559. The lowest BCUT2D eigenvalue weighted by atomic mass is 9.48. The van der Waals surface area contributed by atoms with Crippen LogP contribution >= 0.6 is 12.4 Å². The molecule has 4 aliphatic carbocycles. The molecule has 33 heavy (non-hydrogen) atoms. The Morgan fingerprint density at radius 2 is 1.70 bits per heavy atom. The predicted molar refractivity (Wildman–Crippen MR) is 134 cm³/mol. The van der Waals surface area contributed by atoms with Gasteiger partial charge in [0.15, 0.2) is 11.5 Å². The molecule has 4 saturated carbocycles. The number of phenolic OH excluding ortho intramolecular Hbond substituents is 1. The summed E-state index contributed by atoms with van der Waals surface area (Å²) >= 11 is 0. The van der Waals surface area contributed by atoms with Gasteiger partial charge in [-0.15, -0.1) is 12.4 Å². The first-order valence-corrected chi connectivity index (χ1v) is 12.5. The summed E-state index contributed by atoms with van der Waals surface area (Å²) in [4.78, 5) is 17.1. The number of urea groups is 1. The Hall–Kier alpha value is -1.66. The highest BCUT2D eigenvalue weighted by Gasteiger charge is 2.53. The van der Waals surface area contributed by atoms with E-state index in [1.165, 1.54) is 25.7 Å². The third-order valence-corrected chi connectivity index (χ3v) is 8.53. The molecule has 2 N–H and O–H groups in total. The van der Waals surface area contributed by atoms with Crippen molar-refractivity contribution in [3.63, 3.8) is 0 Å². The molecule has 0 spiro atoms. The van der Waals surface area contributed by atoms with Crippen molar-refractivity contribution in [2.45, 2.75) is 69.7 Å². The molecule has 1 saturated heterocycles. The molecule has 5 fully saturated rings. The van der Waals surface area contributed by atoms with Crippen LogP contribution in [0.2, 0.25) is 0 Å². The summed E-state index contributed by atoms with van der Waals surface area (Å²) in [6.07, 6.45) is 10.9. The zero-order valence-corrected chi connectivity index (χ0v) is 21.2. The van der Waals surface area contributed by atoms with E-state index in [0.29, 0.717) is 18.0 Å². The van der Waals surface area contributed by atoms with Crippen LogP contribution in [0, 0.1) is 17.8 Å². The molecular weight excluding hydrogens is 438 g/mol. The third-order valence-electron chi connectivity index (χ3n) is 8.53. The van der Waals surface area contributed by atoms with Crippen LogP contribution in [0.15, 0.2) is 6.07 Å². The van der Waals surface area contributed by atoms with E-state index < -0.39 is 0 Å². The summed E-state index contributed by atoms with van der Waals surface area (Å²) in [6, 6.07) is 2.07. The fourth-order valence-electron chi connectivity index (χ4n) is 7.63. The maximum atomic E-state index is 13.1. The second kappa shape index (κ2) is 9.53. The largest absolute Gasteiger partial charge is 0.504 e. The number of methoxy groups -OCH3 is 1. The molecule has 0 radical (unpaired) electrons. The van der Waals surface area contributed by atoms with E-state index in [2.05, 4.69) is 16.3 Å². The highest BCUT2D eigenvalue weighted by atomic mass is 35.5. The summed E-state index contributed by atoms with van der Waals surface area (Å²) in [5.74, 6) is 3.15. The van der Waals surface area contributed by atoms with Crippen molar-refractivity contribution in [3.05, 3.63) is 17.2 Å². The van der Waals surface area contributed by atoms with E-state index in [4.69, 9.17) is 4.74 Å². The topological polar surface area (TPSA) is 65.0 Å². The summed E-state index contributed by atoms with van der Waals surface area (Å²) in [6.45, 7) is 2.21. The van der Waals surface area contributed by atoms with Gasteiger partial charge in [-0.25, -0.2) is 4.79 Å². The number of piperidine rings is 1. The van der Waals surface area contributed by atoms with Gasteiger partial charge >= 0.3 is 6.03 Å². The molecule has 6 rings (SSSR count). The Morgan fingerprint density at radius 1 is 1.12 bits per heavy atom. The minimum atomic E-state index is -0.0334. The molecular formula is C26H40ClN3O3. The maximum Gasteiger partial charge on any atom is 0.321 e. The van der Waals surface area contributed by atoms with Crippen molar-refractivity contribution >= 4 is 24.1 Å². The molecule has 0 aromatic heterocycles. The van der Waals surface area contributed by atoms with Crippen LogP contribution in [-0.2, 0) is 12.0 Å². The number of likely N-dealkylation sites (tertiary alicyclic amines) is 1. The van der Waals surface area contributed by atoms with Crippen molar-refractivity contribution in [2.75, 3.05) is 39.6 Å². The molecule has 6 nitrogen and oxygen atoms in total. The Labute approximate surface area is 204 Å². The number of anilines is 1. The van der Waals surface area contributed by atoms with E-state index in [1.54, 1.807) is 7.11 Å². The fraction of sp³-hybridized carbons (Fsp3) is 0.731. The van der Waals surface area contributed by atoms with Crippen LogP contribution in [0.3, 0.4) is 0 Å². The summed E-state index contributed by atoms with van der Waals surface area (Å²) < 4.78 is 5.81. The van der Waals surface area contributed by atoms with Gasteiger partial charge in [-0.2, -0.15) is 0 Å². The molecule has 2 amide bonds. The number of halogens is 1. The van der Waals surface area contributed by atoms with Gasteiger partial charge in [0.25, 0.3) is 0 Å². The number of phenols is 1. The number of hydrogen-bond acceptors (Lipinski definition) is 4. The van der Waals surface area contributed by atoms with Gasteiger partial charge in [-0.1, -0.05) is 0 Å². The smallest absolute Gasteiger partial charge is 0.321 e. The molecule has 7 heteroatoms. The number of benzene rings is 1. The molecule has 1 aromatic carbocycles. The lowest BCUT2D eigenvalue weighted by Gasteiger charge is -2.57. The van der Waals surface area contributed by atoms with Crippen LogP contribution in [0.4, 0.5) is 10.5 Å². The number of ether oxygens (including phenoxy) is 1. The van der Waals surface area contributed by atoms with Crippen molar-refractivity contribution < 1.29 is 14.6 Å². The van der Waals surface area contributed by atoms with Crippen molar-refractivity contribution in [1.82, 2.24) is 9.80 Å². The SMILES string of the molecule is COc1c(O)c(C23CC4CC(CC(C4)C2)C3)cc(NC(=O)N2CCCCC2)c1CN(C)C.Cl. The van der Waals surface area contributed by atoms with Crippen molar-refractivity contribution in [3.8, 4) is 11.5 Å². The Kier molecular flexibility index (Phi) is 7.07. The number of carbonyl (C=O) groups is 1. The van der Waals surface area contributed by atoms with Crippen LogP contribution < -0.4 is 10.1 Å². The minimum Gasteiger partial charge on any atom is -0.504 e. The molecule has 184 valence electrons. The second-order valence-electron chi connectivity index (χ2n) is 11.2. The van der Waals surface area contributed by atoms with Crippen LogP contribution in [0.25, 0.3) is 0 Å². The standard InChI is InChI=1S/C26H39N3O3.ClH/c1-28(2)16-20-22(27-25(31)29-7-5-4-6-8-29)12-21(23(30)24(20)32-3)26-13-17-9-18(14-26)11-19(10-17)15-26;/h12,17-19,30H,4-11,13-16H2,1-3H3,(H,27,31);1H. The van der Waals surface area contributed by atoms with Gasteiger partial charge in [0, 0.05) is 30.8 Å². The first-order chi connectivity index (χ1) is 15.4. The number of nitrogens with one attached hydrogen (secondary N) is 1. The van der Waals surface area contributed by atoms with Gasteiger partial charge in [-0.3, -0.25) is 0 Å². The fourth-order valence-corrected chi connectivity index (χ4v) is 7.63. The summed E-state index contributed by atoms with van der Waals surface area (Å²) in [7, 11) is 5.63. The van der Waals surface area contributed by atoms with Crippen molar-refractivity contribution in [1.29, 1.82) is 0 Å². The van der Waals surface area contributed by atoms with Gasteiger partial charge in [-0.05, 0) is 101 Å². The van der Waals surface area contributed by atoms with E-state index in [-0.39, 0.29) is 23.9 Å². The van der Waals surface area contributed by atoms with E-state index in [9.17, 15) is 9.90 Å². The number of carbonyl (C=O) groups excluding carboxylic acids is 1. The van der Waals surface area contributed by atoms with Gasteiger partial charge in [0.05, 0.1) is 12.8 Å². The first-order valence-electron chi connectivity index (χ1n) is 12.5. The van der Waals surface area contributed by atoms with Gasteiger partial charge in [0.2, 0.25) is 0 Å². The van der Waals surface area contributed by atoms with Gasteiger partial charge < -0.3 is 25.0 Å². The number of amides is 2. The number of hydrogen-bond donors (Lipinski definition) is 2. The third kappa shape index (κ3) is 4.53. The lowest BCUT2D eigenvalue weighted by molar-refractivity contribution is -0.00625. The molecule has 4 bridgehead atoms. The second-order valence-corrected chi connectivity index (χ2v) is 11.2. The zero-order valence-electron chi connectivity index (χ0n) is 20.4. The normalized spacial score (nSPS) is 30.3. The average molecular weight is 478 g/mol. The molecule has 0 unspecified atom stereocenters. The highest BCUT2D eigenvalue weighted by molar-refractivity contribution is 5.91. The number of aromatic hydroxyl groups is 1.